The molecule has 1 aliphatic rings. The highest BCUT2D eigenvalue weighted by atomic mass is 35.5. The minimum Gasteiger partial charge on any atom is -0.360 e. The van der Waals surface area contributed by atoms with E-state index in [4.69, 9.17) is 27.9 Å². The van der Waals surface area contributed by atoms with Gasteiger partial charge in [0.25, 0.3) is 0 Å². The summed E-state index contributed by atoms with van der Waals surface area (Å²) < 4.78 is 5.18. The molecule has 0 spiro atoms. The molecule has 0 radical (unpaired) electrons. The van der Waals surface area contributed by atoms with Gasteiger partial charge in [0.1, 0.15) is 5.56 Å². The molecule has 0 aliphatic carbocycles. The van der Waals surface area contributed by atoms with E-state index in [0.717, 1.165) is 38.5 Å². The van der Waals surface area contributed by atoms with E-state index in [9.17, 15) is 0 Å². The summed E-state index contributed by atoms with van der Waals surface area (Å²) in [5.74, 6) is 0.726. The van der Waals surface area contributed by atoms with Crippen molar-refractivity contribution in [2.45, 2.75) is 12.0 Å². The van der Waals surface area contributed by atoms with E-state index in [1.54, 1.807) is 0 Å². The van der Waals surface area contributed by atoms with Crippen LogP contribution in [-0.2, 0) is 4.74 Å². The van der Waals surface area contributed by atoms with Crippen molar-refractivity contribution in [1.29, 1.82) is 0 Å². The predicted molar refractivity (Wildman–Crippen MR) is 47.4 cm³/mol. The standard InChI is InChI=1S/C7H13Cl2NO/c8-2-1-3-10-4-5-11-7(9)6-10/h7H,1-6H2. The van der Waals surface area contributed by atoms with Crippen LogP contribution in [0, 0.1) is 0 Å². The highest BCUT2D eigenvalue weighted by molar-refractivity contribution is 6.19. The second-order valence-electron chi connectivity index (χ2n) is 2.62. The molecule has 1 unspecified atom stereocenters. The number of morpholine rings is 1. The van der Waals surface area contributed by atoms with Gasteiger partial charge in [0.15, 0.2) is 0 Å². The maximum Gasteiger partial charge on any atom is 0.143 e. The topological polar surface area (TPSA) is 12.5 Å². The molecule has 2 nitrogen and oxygen atoms in total. The van der Waals surface area contributed by atoms with Crippen LogP contribution in [-0.4, -0.2) is 42.6 Å². The van der Waals surface area contributed by atoms with E-state index in [0.29, 0.717) is 0 Å². The number of nitrogens with zero attached hydrogens (tertiary/aromatic N) is 1. The third kappa shape index (κ3) is 3.61. The van der Waals surface area contributed by atoms with Gasteiger partial charge < -0.3 is 4.74 Å². The van der Waals surface area contributed by atoms with Gasteiger partial charge in [-0.25, -0.2) is 0 Å². The van der Waals surface area contributed by atoms with Gasteiger partial charge in [0, 0.05) is 19.0 Å². The first-order chi connectivity index (χ1) is 5.33. The maximum atomic E-state index is 5.79. The van der Waals surface area contributed by atoms with Crippen molar-refractivity contribution >= 4 is 23.2 Å². The van der Waals surface area contributed by atoms with Crippen molar-refractivity contribution in [1.82, 2.24) is 4.90 Å². The number of alkyl halides is 2. The van der Waals surface area contributed by atoms with Gasteiger partial charge in [-0.05, 0) is 13.0 Å². The third-order valence-corrected chi connectivity index (χ3v) is 2.25. The van der Waals surface area contributed by atoms with Crippen molar-refractivity contribution < 1.29 is 4.74 Å². The van der Waals surface area contributed by atoms with Crippen molar-refractivity contribution in [3.8, 4) is 0 Å². The minimum absolute atomic E-state index is 0.126. The zero-order valence-corrected chi connectivity index (χ0v) is 7.94. The van der Waals surface area contributed by atoms with E-state index in [1.165, 1.54) is 0 Å². The summed E-state index contributed by atoms with van der Waals surface area (Å²) in [6.45, 7) is 3.60. The molecule has 1 atom stereocenters. The molecule has 0 N–H and O–H groups in total. The smallest absolute Gasteiger partial charge is 0.143 e. The molecule has 0 aromatic heterocycles. The molecule has 1 rings (SSSR count). The molecule has 1 aliphatic heterocycles. The highest BCUT2D eigenvalue weighted by Gasteiger charge is 2.16. The van der Waals surface area contributed by atoms with E-state index in [2.05, 4.69) is 4.90 Å². The molecule has 11 heavy (non-hydrogen) atoms. The molecule has 0 bridgehead atoms. The summed E-state index contributed by atoms with van der Waals surface area (Å²) >= 11 is 11.4. The monoisotopic (exact) mass is 197 g/mol. The number of halogens is 2. The summed E-state index contributed by atoms with van der Waals surface area (Å²) in [6.07, 6.45) is 1.03. The fourth-order valence-corrected chi connectivity index (χ4v) is 1.55. The van der Waals surface area contributed by atoms with Crippen LogP contribution in [0.15, 0.2) is 0 Å². The molecule has 1 saturated heterocycles. The first-order valence-corrected chi connectivity index (χ1v) is 4.84. The average molecular weight is 198 g/mol. The highest BCUT2D eigenvalue weighted by Crippen LogP contribution is 2.08. The Morgan fingerprint density at radius 3 is 3.00 bits per heavy atom. The molecule has 0 amide bonds. The lowest BCUT2D eigenvalue weighted by Gasteiger charge is -2.29. The number of hydrogen-bond acceptors (Lipinski definition) is 2. The van der Waals surface area contributed by atoms with Crippen molar-refractivity contribution in [3.05, 3.63) is 0 Å². The normalized spacial score (nSPS) is 27.3. The molecule has 0 aromatic carbocycles. The van der Waals surface area contributed by atoms with Crippen LogP contribution >= 0.6 is 23.2 Å². The molecule has 4 heteroatoms. The average Bonchev–Trinajstić information content (AvgIpc) is 2.01. The minimum atomic E-state index is -0.126. The predicted octanol–water partition coefficient (Wildman–Crippen LogP) is 1.51. The number of ether oxygens (including phenoxy) is 1. The van der Waals surface area contributed by atoms with Crippen LogP contribution in [0.25, 0.3) is 0 Å². The van der Waals surface area contributed by atoms with Gasteiger partial charge in [-0.2, -0.15) is 0 Å². The Bertz CT molecular complexity index is 113. The van der Waals surface area contributed by atoms with E-state index in [1.807, 2.05) is 0 Å². The lowest BCUT2D eigenvalue weighted by Crippen LogP contribution is -2.40. The Balaban J connectivity index is 2.12. The van der Waals surface area contributed by atoms with Gasteiger partial charge >= 0.3 is 0 Å². The molecular formula is C7H13Cl2NO. The number of rotatable bonds is 3. The SMILES string of the molecule is ClCCCN1CCOC(Cl)C1. The lowest BCUT2D eigenvalue weighted by atomic mass is 10.3. The number of hydrogen-bond donors (Lipinski definition) is 0. The van der Waals surface area contributed by atoms with Crippen LogP contribution in [0.4, 0.5) is 0 Å². The maximum absolute atomic E-state index is 5.79. The van der Waals surface area contributed by atoms with Gasteiger partial charge in [-0.3, -0.25) is 4.90 Å². The fraction of sp³-hybridized carbons (Fsp3) is 1.00. The summed E-state index contributed by atoms with van der Waals surface area (Å²) in [6, 6.07) is 0. The Morgan fingerprint density at radius 1 is 1.55 bits per heavy atom. The van der Waals surface area contributed by atoms with Gasteiger partial charge in [-0.15, -0.1) is 11.6 Å². The molecular weight excluding hydrogens is 185 g/mol. The van der Waals surface area contributed by atoms with Crippen LogP contribution in [0.5, 0.6) is 0 Å². The van der Waals surface area contributed by atoms with E-state index in [-0.39, 0.29) is 5.56 Å². The van der Waals surface area contributed by atoms with Gasteiger partial charge in [0.05, 0.1) is 6.61 Å². The van der Waals surface area contributed by atoms with E-state index < -0.39 is 0 Å². The quantitative estimate of drug-likeness (QED) is 0.637. The van der Waals surface area contributed by atoms with Gasteiger partial charge in [0.2, 0.25) is 0 Å². The Morgan fingerprint density at radius 2 is 2.36 bits per heavy atom. The molecule has 0 saturated carbocycles. The first kappa shape index (κ1) is 9.59. The zero-order chi connectivity index (χ0) is 8.10. The zero-order valence-electron chi connectivity index (χ0n) is 6.43. The summed E-state index contributed by atoms with van der Waals surface area (Å²) in [4.78, 5) is 2.28. The third-order valence-electron chi connectivity index (χ3n) is 1.72. The van der Waals surface area contributed by atoms with Crippen LogP contribution in [0.3, 0.4) is 0 Å². The van der Waals surface area contributed by atoms with Gasteiger partial charge in [-0.1, -0.05) is 11.6 Å². The molecule has 0 aromatic rings. The molecule has 66 valence electrons. The fourth-order valence-electron chi connectivity index (χ4n) is 1.14. The van der Waals surface area contributed by atoms with Crippen LogP contribution in [0.2, 0.25) is 0 Å². The molecule has 1 fully saturated rings. The molecule has 1 heterocycles. The largest absolute Gasteiger partial charge is 0.360 e. The summed E-state index contributed by atoms with van der Waals surface area (Å²) in [5.41, 5.74) is -0.126. The Hall–Kier alpha value is 0.500. The van der Waals surface area contributed by atoms with Crippen molar-refractivity contribution in [2.75, 3.05) is 32.1 Å². The first-order valence-electron chi connectivity index (χ1n) is 3.87. The van der Waals surface area contributed by atoms with Crippen LogP contribution in [0.1, 0.15) is 6.42 Å². The summed E-state index contributed by atoms with van der Waals surface area (Å²) in [5, 5.41) is 0. The Labute approximate surface area is 77.4 Å². The second-order valence-corrected chi connectivity index (χ2v) is 3.49. The van der Waals surface area contributed by atoms with Crippen LogP contribution < -0.4 is 0 Å². The van der Waals surface area contributed by atoms with E-state index >= 15 is 0 Å². The lowest BCUT2D eigenvalue weighted by molar-refractivity contribution is 0.0144. The van der Waals surface area contributed by atoms with Crippen molar-refractivity contribution in [2.24, 2.45) is 0 Å². The Kier molecular flexibility index (Phi) is 4.53. The second kappa shape index (κ2) is 5.20. The van der Waals surface area contributed by atoms with Crippen molar-refractivity contribution in [3.63, 3.8) is 0 Å². The summed E-state index contributed by atoms with van der Waals surface area (Å²) in [7, 11) is 0.